The predicted octanol–water partition coefficient (Wildman–Crippen LogP) is 4.01. The van der Waals surface area contributed by atoms with Gasteiger partial charge in [0, 0.05) is 19.0 Å². The van der Waals surface area contributed by atoms with Crippen molar-refractivity contribution in [1.82, 2.24) is 5.06 Å². The van der Waals surface area contributed by atoms with Crippen molar-refractivity contribution < 1.29 is 12.7 Å². The second-order valence-corrected chi connectivity index (χ2v) is 9.29. The standard InChI is InChI=1S/C20H25NO3S/c1-15-5-11-19(12-6-15)25(22,23)24-21-13-17(14-21)16-7-9-18(10-8-16)20(2,3)4/h5-12,17H,13-14H2,1-4H3. The lowest BCUT2D eigenvalue weighted by atomic mass is 9.84. The maximum Gasteiger partial charge on any atom is 0.313 e. The lowest BCUT2D eigenvalue weighted by Gasteiger charge is -2.37. The number of hydrogen-bond acceptors (Lipinski definition) is 4. The summed E-state index contributed by atoms with van der Waals surface area (Å²) in [6.45, 7) is 9.66. The molecule has 134 valence electrons. The monoisotopic (exact) mass is 359 g/mol. The second-order valence-electron chi connectivity index (χ2n) is 7.76. The maximum absolute atomic E-state index is 12.3. The zero-order valence-electron chi connectivity index (χ0n) is 15.2. The minimum Gasteiger partial charge on any atom is -0.192 e. The van der Waals surface area contributed by atoms with Gasteiger partial charge in [0.2, 0.25) is 0 Å². The van der Waals surface area contributed by atoms with Gasteiger partial charge in [0.25, 0.3) is 0 Å². The van der Waals surface area contributed by atoms with Crippen LogP contribution in [0.5, 0.6) is 0 Å². The van der Waals surface area contributed by atoms with Gasteiger partial charge in [0.1, 0.15) is 0 Å². The Bertz CT molecular complexity index is 828. The van der Waals surface area contributed by atoms with E-state index in [0.29, 0.717) is 19.0 Å². The zero-order valence-corrected chi connectivity index (χ0v) is 16.0. The van der Waals surface area contributed by atoms with Gasteiger partial charge < -0.3 is 0 Å². The smallest absolute Gasteiger partial charge is 0.192 e. The molecule has 5 heteroatoms. The van der Waals surface area contributed by atoms with E-state index in [1.807, 2.05) is 6.92 Å². The minimum absolute atomic E-state index is 0.134. The fourth-order valence-electron chi connectivity index (χ4n) is 2.85. The summed E-state index contributed by atoms with van der Waals surface area (Å²) in [6, 6.07) is 15.3. The summed E-state index contributed by atoms with van der Waals surface area (Å²) in [6.07, 6.45) is 0. The fourth-order valence-corrected chi connectivity index (χ4v) is 3.81. The van der Waals surface area contributed by atoms with Crippen molar-refractivity contribution in [3.8, 4) is 0 Å². The quantitative estimate of drug-likeness (QED) is 0.827. The van der Waals surface area contributed by atoms with Gasteiger partial charge in [-0.05, 0) is 35.6 Å². The molecule has 3 rings (SSSR count). The summed E-state index contributed by atoms with van der Waals surface area (Å²) in [5, 5.41) is 1.51. The first-order valence-corrected chi connectivity index (χ1v) is 9.93. The average Bonchev–Trinajstić information content (AvgIpc) is 2.50. The molecule has 0 atom stereocenters. The van der Waals surface area contributed by atoms with Gasteiger partial charge >= 0.3 is 10.1 Å². The van der Waals surface area contributed by atoms with E-state index in [2.05, 4.69) is 45.0 Å². The molecule has 0 radical (unpaired) electrons. The Kier molecular flexibility index (Phi) is 4.75. The Morgan fingerprint density at radius 1 is 0.960 bits per heavy atom. The first-order chi connectivity index (χ1) is 11.6. The van der Waals surface area contributed by atoms with Crippen molar-refractivity contribution in [3.63, 3.8) is 0 Å². The van der Waals surface area contributed by atoms with Crippen molar-refractivity contribution in [1.29, 1.82) is 0 Å². The maximum atomic E-state index is 12.3. The van der Waals surface area contributed by atoms with Crippen molar-refractivity contribution in [3.05, 3.63) is 65.2 Å². The molecule has 1 aliphatic rings. The summed E-state index contributed by atoms with van der Waals surface area (Å²) >= 11 is 0. The molecule has 0 aliphatic carbocycles. The van der Waals surface area contributed by atoms with Crippen LogP contribution in [-0.4, -0.2) is 26.6 Å². The molecule has 1 heterocycles. The molecule has 0 unspecified atom stereocenters. The number of aryl methyl sites for hydroxylation is 1. The summed E-state index contributed by atoms with van der Waals surface area (Å²) in [5.74, 6) is 0.308. The Labute approximate surface area is 150 Å². The van der Waals surface area contributed by atoms with Crippen molar-refractivity contribution in [2.45, 2.75) is 43.9 Å². The van der Waals surface area contributed by atoms with Crippen molar-refractivity contribution >= 4 is 10.1 Å². The van der Waals surface area contributed by atoms with Crippen LogP contribution in [-0.2, 0) is 19.8 Å². The SMILES string of the molecule is Cc1ccc(S(=O)(=O)ON2CC(c3ccc(C(C)(C)C)cc3)C2)cc1. The summed E-state index contributed by atoms with van der Waals surface area (Å²) in [4.78, 5) is 0.191. The van der Waals surface area contributed by atoms with Crippen LogP contribution >= 0.6 is 0 Å². The topological polar surface area (TPSA) is 46.6 Å². The normalized spacial score (nSPS) is 16.6. The molecule has 0 spiro atoms. The molecular weight excluding hydrogens is 334 g/mol. The summed E-state index contributed by atoms with van der Waals surface area (Å²) < 4.78 is 29.8. The molecule has 2 aromatic rings. The fraction of sp³-hybridized carbons (Fsp3) is 0.400. The van der Waals surface area contributed by atoms with E-state index < -0.39 is 10.1 Å². The Hall–Kier alpha value is -1.69. The molecule has 2 aromatic carbocycles. The van der Waals surface area contributed by atoms with E-state index in [-0.39, 0.29) is 10.3 Å². The van der Waals surface area contributed by atoms with Gasteiger partial charge in [-0.2, -0.15) is 17.8 Å². The van der Waals surface area contributed by atoms with E-state index in [1.165, 1.54) is 16.2 Å². The minimum atomic E-state index is -3.74. The molecular formula is C20H25NO3S. The molecule has 0 bridgehead atoms. The van der Waals surface area contributed by atoms with Gasteiger partial charge in [0.15, 0.2) is 0 Å². The van der Waals surface area contributed by atoms with E-state index in [1.54, 1.807) is 24.3 Å². The largest absolute Gasteiger partial charge is 0.313 e. The molecule has 4 nitrogen and oxygen atoms in total. The molecule has 1 saturated heterocycles. The molecule has 0 N–H and O–H groups in total. The molecule has 25 heavy (non-hydrogen) atoms. The molecule has 0 amide bonds. The van der Waals surface area contributed by atoms with Gasteiger partial charge in [-0.25, -0.2) is 0 Å². The third-order valence-electron chi connectivity index (χ3n) is 4.61. The summed E-state index contributed by atoms with van der Waals surface area (Å²) in [5.41, 5.74) is 3.67. The van der Waals surface area contributed by atoms with E-state index in [0.717, 1.165) is 5.56 Å². The van der Waals surface area contributed by atoms with Crippen LogP contribution in [0.15, 0.2) is 53.4 Å². The van der Waals surface area contributed by atoms with Crippen LogP contribution in [0.25, 0.3) is 0 Å². The Morgan fingerprint density at radius 3 is 2.04 bits per heavy atom. The zero-order chi connectivity index (χ0) is 18.2. The highest BCUT2D eigenvalue weighted by molar-refractivity contribution is 7.86. The average molecular weight is 359 g/mol. The highest BCUT2D eigenvalue weighted by atomic mass is 32.2. The lowest BCUT2D eigenvalue weighted by Crippen LogP contribution is -2.45. The number of hydroxylamine groups is 2. The lowest BCUT2D eigenvalue weighted by molar-refractivity contribution is -0.114. The Balaban J connectivity index is 1.60. The molecule has 0 saturated carbocycles. The van der Waals surface area contributed by atoms with Crippen LogP contribution < -0.4 is 0 Å². The van der Waals surface area contributed by atoms with E-state index >= 15 is 0 Å². The van der Waals surface area contributed by atoms with Crippen LogP contribution in [0.2, 0.25) is 0 Å². The van der Waals surface area contributed by atoms with Gasteiger partial charge in [-0.1, -0.05) is 62.7 Å². The van der Waals surface area contributed by atoms with Crippen LogP contribution in [0.4, 0.5) is 0 Å². The van der Waals surface area contributed by atoms with Crippen LogP contribution in [0.1, 0.15) is 43.4 Å². The summed E-state index contributed by atoms with van der Waals surface area (Å²) in [7, 11) is -3.74. The van der Waals surface area contributed by atoms with E-state index in [4.69, 9.17) is 4.28 Å². The third kappa shape index (κ3) is 4.11. The highest BCUT2D eigenvalue weighted by Crippen LogP contribution is 2.31. The van der Waals surface area contributed by atoms with Gasteiger partial charge in [0.05, 0.1) is 4.90 Å². The van der Waals surface area contributed by atoms with Gasteiger partial charge in [-0.15, -0.1) is 0 Å². The molecule has 1 fully saturated rings. The Morgan fingerprint density at radius 2 is 1.52 bits per heavy atom. The first-order valence-electron chi connectivity index (χ1n) is 8.52. The number of nitrogens with zero attached hydrogens (tertiary/aromatic N) is 1. The van der Waals surface area contributed by atoms with Crippen LogP contribution in [0.3, 0.4) is 0 Å². The number of hydrogen-bond donors (Lipinski definition) is 0. The van der Waals surface area contributed by atoms with Gasteiger partial charge in [-0.3, -0.25) is 0 Å². The molecule has 1 aliphatic heterocycles. The first kappa shape index (κ1) is 18.1. The second kappa shape index (κ2) is 6.56. The molecule has 0 aromatic heterocycles. The predicted molar refractivity (Wildman–Crippen MR) is 98.9 cm³/mol. The van der Waals surface area contributed by atoms with Crippen molar-refractivity contribution in [2.24, 2.45) is 0 Å². The van der Waals surface area contributed by atoms with Crippen LogP contribution in [0, 0.1) is 6.92 Å². The third-order valence-corrected chi connectivity index (χ3v) is 5.87. The highest BCUT2D eigenvalue weighted by Gasteiger charge is 2.33. The van der Waals surface area contributed by atoms with Crippen molar-refractivity contribution in [2.75, 3.05) is 13.1 Å². The number of benzene rings is 2. The van der Waals surface area contributed by atoms with E-state index in [9.17, 15) is 8.42 Å². The number of rotatable bonds is 4.